The van der Waals surface area contributed by atoms with Gasteiger partial charge in [-0.2, -0.15) is 0 Å². The van der Waals surface area contributed by atoms with Crippen molar-refractivity contribution in [2.24, 2.45) is 0 Å². The van der Waals surface area contributed by atoms with Gasteiger partial charge in [-0.15, -0.1) is 0 Å². The highest BCUT2D eigenvalue weighted by molar-refractivity contribution is 9.11. The van der Waals surface area contributed by atoms with E-state index in [0.29, 0.717) is 0 Å². The largest absolute Gasteiger partial charge is 0.307 e. The molecule has 0 aliphatic carbocycles. The first-order valence-electron chi connectivity index (χ1n) is 26.3. The predicted octanol–water partition coefficient (Wildman–Crippen LogP) is 19.6. The maximum atomic E-state index is 6.16. The van der Waals surface area contributed by atoms with Crippen molar-refractivity contribution >= 4 is 111 Å². The van der Waals surface area contributed by atoms with E-state index in [1.165, 1.54) is 44.5 Å². The smallest absolute Gasteiger partial charge is 0.155 e. The van der Waals surface area contributed by atoms with Crippen molar-refractivity contribution in [2.45, 2.75) is 77.0 Å². The van der Waals surface area contributed by atoms with Gasteiger partial charge < -0.3 is 9.80 Å². The minimum absolute atomic E-state index is 0.291. The van der Waals surface area contributed by atoms with Crippen LogP contribution in [0.2, 0.25) is 0 Å². The van der Waals surface area contributed by atoms with Gasteiger partial charge in [0.1, 0.15) is 11.0 Å². The summed E-state index contributed by atoms with van der Waals surface area (Å²) in [6, 6.07) is 71.0. The first-order chi connectivity index (χ1) is 36.6. The molecule has 6 nitrogen and oxygen atoms in total. The Bertz CT molecular complexity index is 3640. The maximum absolute atomic E-state index is 6.16. The standard InChI is InChI=1S/C68H56Br2N6/c1-65(2)41-25-9-17-33-49(41)73(50-34-18-10-26-42(50)65)61-57(69)63(75-53-37-21-13-29-45(53)67(5,6)46-30-14-22-38-54(46)75)72-60-59(61)71-64(76-55-39-23-15-31-47(55)68(7,8)48-32-16-24-40-56(48)76)58(70)62(60)74-51-35-19-11-27-43(51)66(3,4)44-28-12-20-36-52(44)74/h9-40H,1-8H3. The van der Waals surface area contributed by atoms with Crippen molar-refractivity contribution in [1.82, 2.24) is 9.97 Å². The fraction of sp³-hybridized carbons (Fsp3) is 0.176. The van der Waals surface area contributed by atoms with Crippen LogP contribution in [0.15, 0.2) is 203 Å². The molecule has 0 saturated carbocycles. The molecular weight excluding hydrogens is 1060 g/mol. The fourth-order valence-corrected chi connectivity index (χ4v) is 14.7. The van der Waals surface area contributed by atoms with E-state index >= 15 is 0 Å². The van der Waals surface area contributed by atoms with Gasteiger partial charge >= 0.3 is 0 Å². The van der Waals surface area contributed by atoms with E-state index in [1.807, 2.05) is 0 Å². The molecule has 2 aromatic heterocycles. The molecule has 76 heavy (non-hydrogen) atoms. The molecule has 4 aliphatic rings. The molecule has 0 fully saturated rings. The third-order valence-electron chi connectivity index (χ3n) is 17.3. The number of aromatic nitrogens is 2. The third kappa shape index (κ3) is 6.31. The van der Waals surface area contributed by atoms with Crippen molar-refractivity contribution in [2.75, 3.05) is 19.6 Å². The van der Waals surface area contributed by atoms with Gasteiger partial charge in [0, 0.05) is 21.7 Å². The summed E-state index contributed by atoms with van der Waals surface area (Å²) in [6.07, 6.45) is 0. The van der Waals surface area contributed by atoms with E-state index < -0.39 is 0 Å². The number of halogens is 2. The van der Waals surface area contributed by atoms with E-state index in [1.54, 1.807) is 0 Å². The number of hydrogen-bond acceptors (Lipinski definition) is 6. The lowest BCUT2D eigenvalue weighted by Crippen LogP contribution is -2.33. The van der Waals surface area contributed by atoms with Crippen molar-refractivity contribution in [3.63, 3.8) is 0 Å². The van der Waals surface area contributed by atoms with Gasteiger partial charge in [-0.05, 0) is 125 Å². The topological polar surface area (TPSA) is 38.7 Å². The summed E-state index contributed by atoms with van der Waals surface area (Å²) in [6.45, 7) is 18.7. The first-order valence-corrected chi connectivity index (χ1v) is 27.9. The monoisotopic (exact) mass is 1110 g/mol. The molecule has 0 N–H and O–H groups in total. The molecule has 4 aliphatic heterocycles. The summed E-state index contributed by atoms with van der Waals surface area (Å²) in [4.78, 5) is 22.0. The van der Waals surface area contributed by atoms with Crippen molar-refractivity contribution in [1.29, 1.82) is 0 Å². The van der Waals surface area contributed by atoms with Crippen LogP contribution >= 0.6 is 31.9 Å². The molecule has 0 amide bonds. The molecule has 0 unspecified atom stereocenters. The maximum Gasteiger partial charge on any atom is 0.155 e. The normalized spacial score (nSPS) is 16.6. The molecule has 0 spiro atoms. The summed E-state index contributed by atoms with van der Waals surface area (Å²) >= 11 is 9.01. The quantitative estimate of drug-likeness (QED) is 0.175. The molecule has 372 valence electrons. The second-order valence-electron chi connectivity index (χ2n) is 22.9. The van der Waals surface area contributed by atoms with E-state index in [9.17, 15) is 0 Å². The molecule has 8 heteroatoms. The van der Waals surface area contributed by atoms with Gasteiger partial charge in [0.15, 0.2) is 11.6 Å². The van der Waals surface area contributed by atoms with Crippen molar-refractivity contribution in [3.8, 4) is 0 Å². The highest BCUT2D eigenvalue weighted by Crippen LogP contribution is 2.63. The van der Waals surface area contributed by atoms with Crippen LogP contribution < -0.4 is 19.6 Å². The number of hydrogen-bond donors (Lipinski definition) is 0. The number of rotatable bonds is 4. The Hall–Kier alpha value is -7.52. The third-order valence-corrected chi connectivity index (χ3v) is 18.8. The van der Waals surface area contributed by atoms with Crippen LogP contribution in [0.5, 0.6) is 0 Å². The lowest BCUT2D eigenvalue weighted by molar-refractivity contribution is 0.630. The zero-order chi connectivity index (χ0) is 52.2. The average molecular weight is 1120 g/mol. The summed E-state index contributed by atoms with van der Waals surface area (Å²) in [7, 11) is 0. The van der Waals surface area contributed by atoms with E-state index in [2.05, 4.69) is 301 Å². The Balaban J connectivity index is 1.21. The molecule has 14 rings (SSSR count). The second-order valence-corrected chi connectivity index (χ2v) is 24.5. The number of nitrogens with zero attached hydrogens (tertiary/aromatic N) is 6. The Labute approximate surface area is 462 Å². The minimum atomic E-state index is -0.313. The average Bonchev–Trinajstić information content (AvgIpc) is 3.60. The predicted molar refractivity (Wildman–Crippen MR) is 322 cm³/mol. The SMILES string of the molecule is CC1(C)c2ccccc2N(c2nc3c(N4c5ccccc5C(C)(C)c5ccccc54)c(Br)c(N4c5ccccc5C(C)(C)c5ccccc54)nc3c(N3c4ccccc4C(C)(C)c4ccccc43)c2Br)c2ccccc21. The zero-order valence-electron chi connectivity index (χ0n) is 43.9. The van der Waals surface area contributed by atoms with Crippen LogP contribution in [0.4, 0.5) is 68.5 Å². The van der Waals surface area contributed by atoms with Gasteiger partial charge in [-0.3, -0.25) is 9.80 Å². The second kappa shape index (κ2) is 16.5. The number of fused-ring (bicyclic) bond motifs is 9. The molecule has 0 bridgehead atoms. The van der Waals surface area contributed by atoms with Gasteiger partial charge in [-0.1, -0.05) is 201 Å². The van der Waals surface area contributed by atoms with Gasteiger partial charge in [0.05, 0.1) is 65.8 Å². The van der Waals surface area contributed by atoms with Crippen LogP contribution in [0, 0.1) is 0 Å². The molecule has 10 aromatic rings. The Morgan fingerprint density at radius 3 is 0.632 bits per heavy atom. The summed E-state index contributed by atoms with van der Waals surface area (Å²) in [5, 5.41) is 0. The molecule has 0 radical (unpaired) electrons. The van der Waals surface area contributed by atoms with Gasteiger partial charge in [0.25, 0.3) is 0 Å². The Kier molecular flexibility index (Phi) is 10.2. The molecular formula is C68H56Br2N6. The summed E-state index contributed by atoms with van der Waals surface area (Å²) < 4.78 is 1.64. The van der Waals surface area contributed by atoms with E-state index in [-0.39, 0.29) is 21.7 Å². The van der Waals surface area contributed by atoms with Gasteiger partial charge in [0.2, 0.25) is 0 Å². The van der Waals surface area contributed by atoms with Crippen LogP contribution in [-0.2, 0) is 21.7 Å². The molecule has 8 aromatic carbocycles. The number of anilines is 12. The van der Waals surface area contributed by atoms with Gasteiger partial charge in [-0.25, -0.2) is 9.97 Å². The van der Waals surface area contributed by atoms with Crippen LogP contribution in [0.3, 0.4) is 0 Å². The van der Waals surface area contributed by atoms with Crippen LogP contribution in [0.1, 0.15) is 99.9 Å². The van der Waals surface area contributed by atoms with Crippen molar-refractivity contribution in [3.05, 3.63) is 248 Å². The molecule has 0 saturated heterocycles. The molecule has 6 heterocycles. The van der Waals surface area contributed by atoms with Crippen LogP contribution in [0.25, 0.3) is 11.0 Å². The summed E-state index contributed by atoms with van der Waals surface area (Å²) in [5.41, 5.74) is 20.5. The Morgan fingerprint density at radius 1 is 0.263 bits per heavy atom. The lowest BCUT2D eigenvalue weighted by Gasteiger charge is -2.45. The zero-order valence-corrected chi connectivity index (χ0v) is 47.1. The number of benzene rings is 8. The number of para-hydroxylation sites is 8. The number of pyridine rings is 2. The van der Waals surface area contributed by atoms with Crippen molar-refractivity contribution < 1.29 is 0 Å². The Morgan fingerprint density at radius 2 is 0.434 bits per heavy atom. The lowest BCUT2D eigenvalue weighted by atomic mass is 9.73. The highest BCUT2D eigenvalue weighted by Gasteiger charge is 2.45. The fourth-order valence-electron chi connectivity index (χ4n) is 13.5. The van der Waals surface area contributed by atoms with E-state index in [4.69, 9.17) is 9.97 Å². The summed E-state index contributed by atoms with van der Waals surface area (Å²) in [5.74, 6) is 1.52. The van der Waals surface area contributed by atoms with Crippen LogP contribution in [-0.4, -0.2) is 9.97 Å². The highest BCUT2D eigenvalue weighted by atomic mass is 79.9. The first kappa shape index (κ1) is 47.0. The molecule has 0 atom stereocenters. The minimum Gasteiger partial charge on any atom is -0.307 e. The van der Waals surface area contributed by atoms with E-state index in [0.717, 1.165) is 88.5 Å².